The van der Waals surface area contributed by atoms with Gasteiger partial charge in [-0.2, -0.15) is 0 Å². The molecule has 5 nitrogen and oxygen atoms in total. The van der Waals surface area contributed by atoms with Crippen LogP contribution in [0.15, 0.2) is 42.6 Å². The Balaban J connectivity index is 2.01. The third-order valence-corrected chi connectivity index (χ3v) is 3.52. The summed E-state index contributed by atoms with van der Waals surface area (Å²) in [5.74, 6) is -0.227. The molecule has 2 aromatic rings. The van der Waals surface area contributed by atoms with Gasteiger partial charge in [0, 0.05) is 35.1 Å². The fourth-order valence-electron chi connectivity index (χ4n) is 2.07. The van der Waals surface area contributed by atoms with E-state index < -0.39 is 6.10 Å². The molecular formula is C17H20ClN3O2. The molecule has 0 bridgehead atoms. The second-order valence-electron chi connectivity index (χ2n) is 5.48. The summed E-state index contributed by atoms with van der Waals surface area (Å²) >= 11 is 6.07. The largest absolute Gasteiger partial charge is 0.387 e. The number of anilines is 1. The highest BCUT2D eigenvalue weighted by molar-refractivity contribution is 6.31. The van der Waals surface area contributed by atoms with Crippen LogP contribution in [-0.4, -0.2) is 28.6 Å². The van der Waals surface area contributed by atoms with Gasteiger partial charge >= 0.3 is 0 Å². The second kappa shape index (κ2) is 7.94. The highest BCUT2D eigenvalue weighted by Gasteiger charge is 2.12. The van der Waals surface area contributed by atoms with E-state index >= 15 is 0 Å². The van der Waals surface area contributed by atoms with Crippen LogP contribution >= 0.6 is 11.6 Å². The molecule has 0 saturated carbocycles. The van der Waals surface area contributed by atoms with E-state index in [1.165, 1.54) is 0 Å². The van der Waals surface area contributed by atoms with Gasteiger partial charge in [0.05, 0.1) is 6.10 Å². The summed E-state index contributed by atoms with van der Waals surface area (Å²) in [7, 11) is 0. The number of aliphatic hydroxyl groups is 1. The smallest absolute Gasteiger partial charge is 0.270 e. The molecular weight excluding hydrogens is 314 g/mol. The zero-order valence-corrected chi connectivity index (χ0v) is 13.8. The number of aliphatic hydroxyl groups excluding tert-OH is 1. The third-order valence-electron chi connectivity index (χ3n) is 3.18. The van der Waals surface area contributed by atoms with Gasteiger partial charge in [0.25, 0.3) is 5.91 Å². The lowest BCUT2D eigenvalue weighted by atomic mass is 10.1. The molecule has 0 aliphatic rings. The summed E-state index contributed by atoms with van der Waals surface area (Å²) < 4.78 is 0. The van der Waals surface area contributed by atoms with Gasteiger partial charge in [-0.25, -0.2) is 0 Å². The Kier molecular flexibility index (Phi) is 5.96. The molecule has 0 saturated heterocycles. The fraction of sp³-hybridized carbons (Fsp3) is 0.294. The number of hydrogen-bond acceptors (Lipinski definition) is 4. The summed E-state index contributed by atoms with van der Waals surface area (Å²) in [6.45, 7) is 4.05. The summed E-state index contributed by atoms with van der Waals surface area (Å²) in [6.07, 6.45) is 0.809. The topological polar surface area (TPSA) is 74.2 Å². The normalized spacial score (nSPS) is 12.0. The van der Waals surface area contributed by atoms with Crippen LogP contribution in [0.2, 0.25) is 5.02 Å². The molecule has 1 aromatic carbocycles. The summed E-state index contributed by atoms with van der Waals surface area (Å²) in [5.41, 5.74) is 1.70. The lowest BCUT2D eigenvalue weighted by Crippen LogP contribution is -2.30. The first-order valence-electron chi connectivity index (χ1n) is 7.40. The van der Waals surface area contributed by atoms with Crippen molar-refractivity contribution in [1.82, 2.24) is 10.3 Å². The van der Waals surface area contributed by atoms with Crippen LogP contribution in [0, 0.1) is 0 Å². The minimum absolute atomic E-state index is 0.0444. The quantitative estimate of drug-likeness (QED) is 0.759. The van der Waals surface area contributed by atoms with E-state index in [0.29, 0.717) is 22.0 Å². The number of hydrogen-bond donors (Lipinski definition) is 3. The summed E-state index contributed by atoms with van der Waals surface area (Å²) in [4.78, 5) is 16.0. The molecule has 0 fully saturated rings. The molecule has 122 valence electrons. The number of carbonyl (C=O) groups is 1. The molecule has 1 heterocycles. The predicted octanol–water partition coefficient (Wildman–Crippen LogP) is 3.02. The van der Waals surface area contributed by atoms with Crippen LogP contribution in [-0.2, 0) is 0 Å². The number of nitrogens with zero attached hydrogens (tertiary/aromatic N) is 1. The number of pyridine rings is 1. The Morgan fingerprint density at radius 1 is 1.30 bits per heavy atom. The lowest BCUT2D eigenvalue weighted by Gasteiger charge is -2.15. The average Bonchev–Trinajstić information content (AvgIpc) is 2.52. The first kappa shape index (κ1) is 17.2. The van der Waals surface area contributed by atoms with Crippen molar-refractivity contribution in [2.45, 2.75) is 26.0 Å². The second-order valence-corrected chi connectivity index (χ2v) is 5.88. The van der Waals surface area contributed by atoms with Crippen LogP contribution < -0.4 is 10.6 Å². The average molecular weight is 334 g/mol. The van der Waals surface area contributed by atoms with Crippen molar-refractivity contribution in [3.05, 3.63) is 58.9 Å². The van der Waals surface area contributed by atoms with E-state index in [-0.39, 0.29) is 18.5 Å². The van der Waals surface area contributed by atoms with Gasteiger partial charge in [-0.05, 0) is 32.0 Å². The molecule has 3 N–H and O–H groups in total. The van der Waals surface area contributed by atoms with Gasteiger partial charge < -0.3 is 15.7 Å². The number of nitrogens with one attached hydrogen (secondary N) is 2. The van der Waals surface area contributed by atoms with Crippen molar-refractivity contribution < 1.29 is 9.90 Å². The van der Waals surface area contributed by atoms with Crippen LogP contribution in [0.25, 0.3) is 0 Å². The highest BCUT2D eigenvalue weighted by Crippen LogP contribution is 2.23. The lowest BCUT2D eigenvalue weighted by molar-refractivity contribution is 0.0938. The van der Waals surface area contributed by atoms with Crippen LogP contribution in [0.5, 0.6) is 0 Å². The molecule has 1 unspecified atom stereocenters. The minimum atomic E-state index is -0.746. The van der Waals surface area contributed by atoms with Gasteiger partial charge in [-0.3, -0.25) is 9.78 Å². The fourth-order valence-corrected chi connectivity index (χ4v) is 2.33. The zero-order valence-electron chi connectivity index (χ0n) is 13.1. The van der Waals surface area contributed by atoms with Gasteiger partial charge in [-0.1, -0.05) is 29.8 Å². The monoisotopic (exact) mass is 333 g/mol. The van der Waals surface area contributed by atoms with E-state index in [4.69, 9.17) is 11.6 Å². The van der Waals surface area contributed by atoms with E-state index in [9.17, 15) is 9.90 Å². The highest BCUT2D eigenvalue weighted by atomic mass is 35.5. The molecule has 0 aliphatic carbocycles. The maximum Gasteiger partial charge on any atom is 0.270 e. The Morgan fingerprint density at radius 3 is 2.74 bits per heavy atom. The van der Waals surface area contributed by atoms with Crippen LogP contribution in [0.1, 0.15) is 36.0 Å². The van der Waals surface area contributed by atoms with E-state index in [0.717, 1.165) is 0 Å². The number of carbonyl (C=O) groups excluding carboxylic acids is 1. The van der Waals surface area contributed by atoms with Gasteiger partial charge in [0.2, 0.25) is 0 Å². The number of halogens is 1. The number of amides is 1. The maximum atomic E-state index is 11.9. The van der Waals surface area contributed by atoms with Gasteiger partial charge in [0.1, 0.15) is 5.69 Å². The SMILES string of the molecule is CC(C)NC(=O)c1cc(NCC(O)c2ccccc2Cl)ccn1. The molecule has 1 atom stereocenters. The zero-order chi connectivity index (χ0) is 16.8. The Hall–Kier alpha value is -2.11. The number of aromatic nitrogens is 1. The summed E-state index contributed by atoms with van der Waals surface area (Å²) in [5, 5.41) is 16.6. The Morgan fingerprint density at radius 2 is 2.04 bits per heavy atom. The minimum Gasteiger partial charge on any atom is -0.387 e. The van der Waals surface area contributed by atoms with Gasteiger partial charge in [-0.15, -0.1) is 0 Å². The van der Waals surface area contributed by atoms with Crippen molar-refractivity contribution in [2.75, 3.05) is 11.9 Å². The molecule has 0 spiro atoms. The van der Waals surface area contributed by atoms with Crippen molar-refractivity contribution >= 4 is 23.2 Å². The molecule has 1 aromatic heterocycles. The maximum absolute atomic E-state index is 11.9. The number of rotatable bonds is 6. The predicted molar refractivity (Wildman–Crippen MR) is 91.7 cm³/mol. The van der Waals surface area contributed by atoms with Crippen LogP contribution in [0.4, 0.5) is 5.69 Å². The molecule has 6 heteroatoms. The Bertz CT molecular complexity index is 676. The van der Waals surface area contributed by atoms with Crippen molar-refractivity contribution in [2.24, 2.45) is 0 Å². The third kappa shape index (κ3) is 4.94. The van der Waals surface area contributed by atoms with E-state index in [2.05, 4.69) is 15.6 Å². The van der Waals surface area contributed by atoms with E-state index in [1.807, 2.05) is 26.0 Å². The van der Waals surface area contributed by atoms with Crippen molar-refractivity contribution in [1.29, 1.82) is 0 Å². The first-order chi connectivity index (χ1) is 11.0. The van der Waals surface area contributed by atoms with Crippen LogP contribution in [0.3, 0.4) is 0 Å². The van der Waals surface area contributed by atoms with E-state index in [1.54, 1.807) is 30.5 Å². The van der Waals surface area contributed by atoms with Gasteiger partial charge in [0.15, 0.2) is 0 Å². The number of benzene rings is 1. The molecule has 2 rings (SSSR count). The molecule has 0 aliphatic heterocycles. The molecule has 1 amide bonds. The van der Waals surface area contributed by atoms with Crippen molar-refractivity contribution in [3.63, 3.8) is 0 Å². The Labute approximate surface area is 140 Å². The molecule has 0 radical (unpaired) electrons. The standard InChI is InChI=1S/C17H20ClN3O2/c1-11(2)21-17(23)15-9-12(7-8-19-15)20-10-16(22)13-5-3-4-6-14(13)18/h3-9,11,16,22H,10H2,1-2H3,(H,19,20)(H,21,23). The molecule has 23 heavy (non-hydrogen) atoms. The summed E-state index contributed by atoms with van der Waals surface area (Å²) in [6, 6.07) is 10.6. The first-order valence-corrected chi connectivity index (χ1v) is 7.78. The van der Waals surface area contributed by atoms with Crippen molar-refractivity contribution in [3.8, 4) is 0 Å².